The maximum absolute atomic E-state index is 12.8. The number of hydrogen-bond donors (Lipinski definition) is 2. The summed E-state index contributed by atoms with van der Waals surface area (Å²) in [5, 5.41) is 5.38. The van der Waals surface area contributed by atoms with E-state index < -0.39 is 0 Å². The van der Waals surface area contributed by atoms with Gasteiger partial charge in [-0.1, -0.05) is 60.7 Å². The van der Waals surface area contributed by atoms with Crippen molar-refractivity contribution < 1.29 is 14.4 Å². The molecule has 0 saturated carbocycles. The van der Waals surface area contributed by atoms with Gasteiger partial charge in [0.15, 0.2) is 5.78 Å². The lowest BCUT2D eigenvalue weighted by Crippen LogP contribution is -2.20. The molecule has 0 radical (unpaired) electrons. The summed E-state index contributed by atoms with van der Waals surface area (Å²) in [5.74, 6) is -0.642. The monoisotopic (exact) mass is 372 g/mol. The van der Waals surface area contributed by atoms with Crippen LogP contribution in [-0.4, -0.2) is 24.6 Å². The fraction of sp³-hybridized carbons (Fsp3) is 0.0870. The Morgan fingerprint density at radius 1 is 0.750 bits per heavy atom. The van der Waals surface area contributed by atoms with E-state index >= 15 is 0 Å². The van der Waals surface area contributed by atoms with Crippen LogP contribution in [0.25, 0.3) is 0 Å². The van der Waals surface area contributed by atoms with Gasteiger partial charge in [0.1, 0.15) is 0 Å². The number of amides is 2. The Hall–Kier alpha value is -3.73. The van der Waals surface area contributed by atoms with Gasteiger partial charge in [-0.15, -0.1) is 0 Å². The summed E-state index contributed by atoms with van der Waals surface area (Å²) in [6, 6.07) is 22.6. The first kappa shape index (κ1) is 19.0. The Morgan fingerprint density at radius 2 is 1.36 bits per heavy atom. The number of nitrogens with one attached hydrogen (secondary N) is 2. The van der Waals surface area contributed by atoms with E-state index in [-0.39, 0.29) is 24.0 Å². The first-order chi connectivity index (χ1) is 13.6. The summed E-state index contributed by atoms with van der Waals surface area (Å²) in [6.45, 7) is 0. The summed E-state index contributed by atoms with van der Waals surface area (Å²) in [6.07, 6.45) is 0.277. The Kier molecular flexibility index (Phi) is 5.97. The lowest BCUT2D eigenvalue weighted by Gasteiger charge is -2.10. The molecule has 0 bridgehead atoms. The van der Waals surface area contributed by atoms with Crippen LogP contribution in [0.1, 0.15) is 31.8 Å². The fourth-order valence-electron chi connectivity index (χ4n) is 2.80. The van der Waals surface area contributed by atoms with Crippen molar-refractivity contribution in [2.45, 2.75) is 6.42 Å². The van der Waals surface area contributed by atoms with Crippen LogP contribution >= 0.6 is 0 Å². The third-order valence-corrected chi connectivity index (χ3v) is 4.31. The zero-order valence-corrected chi connectivity index (χ0v) is 15.4. The molecule has 28 heavy (non-hydrogen) atoms. The SMILES string of the molecule is CNC(=O)Cc1ccc(NC(=O)c2ccccc2C(=O)c2ccccc2)cc1. The zero-order valence-electron chi connectivity index (χ0n) is 15.4. The minimum atomic E-state index is -0.362. The molecule has 0 aliphatic rings. The van der Waals surface area contributed by atoms with Crippen molar-refractivity contribution in [2.75, 3.05) is 12.4 Å². The van der Waals surface area contributed by atoms with Crippen LogP contribution in [0.15, 0.2) is 78.9 Å². The lowest BCUT2D eigenvalue weighted by atomic mass is 9.98. The lowest BCUT2D eigenvalue weighted by molar-refractivity contribution is -0.119. The highest BCUT2D eigenvalue weighted by atomic mass is 16.2. The maximum atomic E-state index is 12.8. The molecule has 2 N–H and O–H groups in total. The number of anilines is 1. The minimum Gasteiger partial charge on any atom is -0.359 e. The molecule has 140 valence electrons. The van der Waals surface area contributed by atoms with Crippen LogP contribution in [0.3, 0.4) is 0 Å². The van der Waals surface area contributed by atoms with E-state index in [0.717, 1.165) is 5.56 Å². The normalized spacial score (nSPS) is 10.2. The van der Waals surface area contributed by atoms with Crippen LogP contribution in [0.2, 0.25) is 0 Å². The number of ketones is 1. The van der Waals surface area contributed by atoms with Crippen molar-refractivity contribution in [1.82, 2.24) is 5.32 Å². The minimum absolute atomic E-state index is 0.0786. The maximum Gasteiger partial charge on any atom is 0.256 e. The first-order valence-electron chi connectivity index (χ1n) is 8.88. The molecule has 0 heterocycles. The summed E-state index contributed by atoms with van der Waals surface area (Å²) in [5.41, 5.74) is 2.62. The van der Waals surface area contributed by atoms with E-state index in [9.17, 15) is 14.4 Å². The van der Waals surface area contributed by atoms with Gasteiger partial charge in [-0.3, -0.25) is 14.4 Å². The summed E-state index contributed by atoms with van der Waals surface area (Å²) >= 11 is 0. The van der Waals surface area contributed by atoms with Crippen LogP contribution in [0.5, 0.6) is 0 Å². The summed E-state index contributed by atoms with van der Waals surface area (Å²) in [7, 11) is 1.59. The van der Waals surface area contributed by atoms with Gasteiger partial charge >= 0.3 is 0 Å². The molecule has 5 heteroatoms. The fourth-order valence-corrected chi connectivity index (χ4v) is 2.80. The highest BCUT2D eigenvalue weighted by Crippen LogP contribution is 2.17. The average molecular weight is 372 g/mol. The molecular formula is C23H20N2O3. The highest BCUT2D eigenvalue weighted by molar-refractivity contribution is 6.17. The van der Waals surface area contributed by atoms with Crippen molar-refractivity contribution >= 4 is 23.3 Å². The van der Waals surface area contributed by atoms with Gasteiger partial charge in [-0.25, -0.2) is 0 Å². The topological polar surface area (TPSA) is 75.3 Å². The Labute approximate surface area is 163 Å². The summed E-state index contributed by atoms with van der Waals surface area (Å²) in [4.78, 5) is 37.0. The number of benzene rings is 3. The van der Waals surface area contributed by atoms with Gasteiger partial charge in [0.25, 0.3) is 5.91 Å². The van der Waals surface area contributed by atoms with Crippen LogP contribution in [0.4, 0.5) is 5.69 Å². The smallest absolute Gasteiger partial charge is 0.256 e. The highest BCUT2D eigenvalue weighted by Gasteiger charge is 2.18. The van der Waals surface area contributed by atoms with Gasteiger partial charge in [-0.05, 0) is 23.8 Å². The number of hydrogen-bond acceptors (Lipinski definition) is 3. The number of likely N-dealkylation sites (N-methyl/N-ethyl adjacent to an activating group) is 1. The molecule has 0 aliphatic carbocycles. The van der Waals surface area contributed by atoms with Crippen molar-refractivity contribution in [3.05, 3.63) is 101 Å². The molecule has 0 unspecified atom stereocenters. The largest absolute Gasteiger partial charge is 0.359 e. The quantitative estimate of drug-likeness (QED) is 0.651. The van der Waals surface area contributed by atoms with Gasteiger partial charge < -0.3 is 10.6 Å². The molecule has 3 rings (SSSR count). The number of carbonyl (C=O) groups is 3. The van der Waals surface area contributed by atoms with Crippen molar-refractivity contribution in [3.8, 4) is 0 Å². The molecule has 0 aromatic heterocycles. The third kappa shape index (κ3) is 4.51. The first-order valence-corrected chi connectivity index (χ1v) is 8.88. The molecular weight excluding hydrogens is 352 g/mol. The van der Waals surface area contributed by atoms with Gasteiger partial charge in [0.05, 0.1) is 12.0 Å². The van der Waals surface area contributed by atoms with E-state index in [1.165, 1.54) is 0 Å². The van der Waals surface area contributed by atoms with Crippen LogP contribution in [-0.2, 0) is 11.2 Å². The Morgan fingerprint density at radius 3 is 2.00 bits per heavy atom. The molecule has 0 atom stereocenters. The molecule has 3 aromatic rings. The molecule has 0 spiro atoms. The predicted molar refractivity (Wildman–Crippen MR) is 108 cm³/mol. The second-order valence-electron chi connectivity index (χ2n) is 6.24. The van der Waals surface area contributed by atoms with Gasteiger partial charge in [-0.2, -0.15) is 0 Å². The molecule has 0 fully saturated rings. The average Bonchev–Trinajstić information content (AvgIpc) is 2.75. The molecule has 3 aromatic carbocycles. The van der Waals surface area contributed by atoms with E-state index in [1.54, 1.807) is 79.8 Å². The van der Waals surface area contributed by atoms with E-state index in [1.807, 2.05) is 6.07 Å². The van der Waals surface area contributed by atoms with Gasteiger partial charge in [0, 0.05) is 23.9 Å². The molecule has 0 aliphatic heterocycles. The van der Waals surface area contributed by atoms with E-state index in [2.05, 4.69) is 10.6 Å². The number of rotatable bonds is 6. The van der Waals surface area contributed by atoms with Crippen LogP contribution in [0, 0.1) is 0 Å². The van der Waals surface area contributed by atoms with E-state index in [4.69, 9.17) is 0 Å². The zero-order chi connectivity index (χ0) is 19.9. The van der Waals surface area contributed by atoms with Crippen molar-refractivity contribution in [3.63, 3.8) is 0 Å². The van der Waals surface area contributed by atoms with Crippen molar-refractivity contribution in [2.24, 2.45) is 0 Å². The molecule has 0 saturated heterocycles. The number of carbonyl (C=O) groups excluding carboxylic acids is 3. The molecule has 5 nitrogen and oxygen atoms in total. The van der Waals surface area contributed by atoms with Crippen LogP contribution < -0.4 is 10.6 Å². The standard InChI is InChI=1S/C23H20N2O3/c1-24-21(26)15-16-11-13-18(14-12-16)25-23(28)20-10-6-5-9-19(20)22(27)17-7-3-2-4-8-17/h2-14H,15H2,1H3,(H,24,26)(H,25,28). The second kappa shape index (κ2) is 8.77. The Bertz CT molecular complexity index is 996. The third-order valence-electron chi connectivity index (χ3n) is 4.31. The second-order valence-corrected chi connectivity index (χ2v) is 6.24. The van der Waals surface area contributed by atoms with Crippen molar-refractivity contribution in [1.29, 1.82) is 0 Å². The summed E-state index contributed by atoms with van der Waals surface area (Å²) < 4.78 is 0. The predicted octanol–water partition coefficient (Wildman–Crippen LogP) is 3.46. The molecule has 2 amide bonds. The Balaban J connectivity index is 1.78. The van der Waals surface area contributed by atoms with Gasteiger partial charge in [0.2, 0.25) is 5.91 Å². The van der Waals surface area contributed by atoms with E-state index in [0.29, 0.717) is 22.4 Å².